The van der Waals surface area contributed by atoms with Crippen LogP contribution in [0, 0.1) is 0 Å². The number of anilines is 3. The summed E-state index contributed by atoms with van der Waals surface area (Å²) in [6, 6.07) is 76.9. The van der Waals surface area contributed by atoms with Gasteiger partial charge in [0.2, 0.25) is 0 Å². The molecule has 9 aromatic carbocycles. The zero-order chi connectivity index (χ0) is 36.3. The summed E-state index contributed by atoms with van der Waals surface area (Å²) in [6.07, 6.45) is 0. The Balaban J connectivity index is 1.23. The van der Waals surface area contributed by atoms with Crippen LogP contribution in [-0.4, -0.2) is 0 Å². The molecule has 11 rings (SSSR count). The van der Waals surface area contributed by atoms with E-state index in [1.54, 1.807) is 0 Å². The Morgan fingerprint density at radius 3 is 1.85 bits per heavy atom. The van der Waals surface area contributed by atoms with E-state index in [4.69, 9.17) is 4.74 Å². The molecule has 1 heterocycles. The van der Waals surface area contributed by atoms with Crippen molar-refractivity contribution < 1.29 is 4.74 Å². The number of nitrogens with zero attached hydrogens (tertiary/aromatic N) is 1. The van der Waals surface area contributed by atoms with Gasteiger partial charge < -0.3 is 9.64 Å². The van der Waals surface area contributed by atoms with Crippen molar-refractivity contribution in [1.82, 2.24) is 0 Å². The second-order valence-corrected chi connectivity index (χ2v) is 14.4. The van der Waals surface area contributed by atoms with Gasteiger partial charge in [-0.05, 0) is 92.2 Å². The molecular formula is C53H35NO. The van der Waals surface area contributed by atoms with Gasteiger partial charge in [0, 0.05) is 28.1 Å². The molecule has 258 valence electrons. The minimum absolute atomic E-state index is 0.622. The van der Waals surface area contributed by atoms with E-state index >= 15 is 0 Å². The van der Waals surface area contributed by atoms with E-state index in [-0.39, 0.29) is 0 Å². The largest absolute Gasteiger partial charge is 0.457 e. The third-order valence-electron chi connectivity index (χ3n) is 11.5. The minimum Gasteiger partial charge on any atom is -0.457 e. The predicted molar refractivity (Wildman–Crippen MR) is 227 cm³/mol. The Hall–Kier alpha value is -7.16. The molecule has 0 N–H and O–H groups in total. The van der Waals surface area contributed by atoms with E-state index in [0.29, 0.717) is 0 Å². The molecule has 0 saturated carbocycles. The van der Waals surface area contributed by atoms with Gasteiger partial charge in [0.05, 0.1) is 11.1 Å². The molecule has 2 nitrogen and oxygen atoms in total. The second-order valence-electron chi connectivity index (χ2n) is 14.4. The first-order valence-electron chi connectivity index (χ1n) is 18.9. The van der Waals surface area contributed by atoms with E-state index in [1.807, 2.05) is 0 Å². The van der Waals surface area contributed by atoms with Crippen LogP contribution in [0.1, 0.15) is 22.3 Å². The molecule has 2 aliphatic rings. The lowest BCUT2D eigenvalue weighted by molar-refractivity contribution is 0.438. The zero-order valence-electron chi connectivity index (χ0n) is 30.1. The van der Waals surface area contributed by atoms with Crippen molar-refractivity contribution in [2.24, 2.45) is 0 Å². The van der Waals surface area contributed by atoms with Crippen LogP contribution in [-0.2, 0) is 5.41 Å². The van der Waals surface area contributed by atoms with Crippen LogP contribution in [0.4, 0.5) is 17.1 Å². The topological polar surface area (TPSA) is 12.5 Å². The fraction of sp³-hybridized carbons (Fsp3) is 0.0189. The van der Waals surface area contributed by atoms with Gasteiger partial charge in [0.1, 0.15) is 11.5 Å². The van der Waals surface area contributed by atoms with Crippen LogP contribution in [0.25, 0.3) is 44.2 Å². The van der Waals surface area contributed by atoms with Crippen molar-refractivity contribution >= 4 is 27.8 Å². The predicted octanol–water partition coefficient (Wildman–Crippen LogP) is 14.1. The third-order valence-corrected chi connectivity index (χ3v) is 11.5. The number of rotatable bonds is 5. The molecular weight excluding hydrogens is 667 g/mol. The Labute approximate surface area is 321 Å². The summed E-state index contributed by atoms with van der Waals surface area (Å²) in [5, 5.41) is 2.39. The number of fused-ring (bicyclic) bond motifs is 11. The number of hydrogen-bond donors (Lipinski definition) is 0. The van der Waals surface area contributed by atoms with Crippen LogP contribution < -0.4 is 9.64 Å². The molecule has 0 bridgehead atoms. The van der Waals surface area contributed by atoms with Crippen LogP contribution in [0.15, 0.2) is 212 Å². The molecule has 1 aliphatic carbocycles. The standard InChI is InChI=1S/C53H35NO/c1-3-16-36(17-4-1)39-21-15-22-40(34-39)54(49-28-13-10-23-42(49)37-18-5-2-6-19-37)41-31-32-45-44-25-9-11-26-46(44)53(48(45)35-41)47-27-12-14-29-50(47)55-51-33-30-38-20-7-8-24-43(38)52(51)53/h1-35H. The van der Waals surface area contributed by atoms with E-state index in [9.17, 15) is 0 Å². The van der Waals surface area contributed by atoms with Crippen LogP contribution >= 0.6 is 0 Å². The van der Waals surface area contributed by atoms with Gasteiger partial charge in [0.15, 0.2) is 0 Å². The lowest BCUT2D eigenvalue weighted by Gasteiger charge is -2.40. The molecule has 0 radical (unpaired) electrons. The molecule has 1 unspecified atom stereocenters. The fourth-order valence-electron chi connectivity index (χ4n) is 9.22. The summed E-state index contributed by atoms with van der Waals surface area (Å²) in [5.41, 5.74) is 14.7. The van der Waals surface area contributed by atoms with Crippen molar-refractivity contribution in [2.75, 3.05) is 4.90 Å². The van der Waals surface area contributed by atoms with E-state index in [2.05, 4.69) is 217 Å². The lowest BCUT2D eigenvalue weighted by Crippen LogP contribution is -2.32. The maximum Gasteiger partial charge on any atom is 0.132 e. The smallest absolute Gasteiger partial charge is 0.132 e. The first kappa shape index (κ1) is 31.4. The lowest BCUT2D eigenvalue weighted by atomic mass is 9.65. The van der Waals surface area contributed by atoms with Gasteiger partial charge >= 0.3 is 0 Å². The van der Waals surface area contributed by atoms with Crippen molar-refractivity contribution in [2.45, 2.75) is 5.41 Å². The highest BCUT2D eigenvalue weighted by atomic mass is 16.5. The van der Waals surface area contributed by atoms with Gasteiger partial charge in [-0.15, -0.1) is 0 Å². The molecule has 9 aromatic rings. The Kier molecular flexibility index (Phi) is 7.11. The molecule has 1 aliphatic heterocycles. The van der Waals surface area contributed by atoms with Crippen molar-refractivity contribution in [1.29, 1.82) is 0 Å². The SMILES string of the molecule is c1ccc(-c2cccc(N(c3ccc4c(c3)C3(c5ccccc5Oc5ccc6ccccc6c53)c3ccccc3-4)c3ccccc3-c3ccccc3)c2)cc1. The molecule has 1 spiro atoms. The highest BCUT2D eigenvalue weighted by molar-refractivity contribution is 5.99. The van der Waals surface area contributed by atoms with Crippen LogP contribution in [0.2, 0.25) is 0 Å². The number of para-hydroxylation sites is 2. The Bertz CT molecular complexity index is 2910. The summed E-state index contributed by atoms with van der Waals surface area (Å²) < 4.78 is 6.83. The average molecular weight is 702 g/mol. The highest BCUT2D eigenvalue weighted by Gasteiger charge is 2.52. The van der Waals surface area contributed by atoms with Crippen molar-refractivity contribution in [3.63, 3.8) is 0 Å². The summed E-state index contributed by atoms with van der Waals surface area (Å²) in [4.78, 5) is 2.45. The van der Waals surface area contributed by atoms with Gasteiger partial charge in [-0.25, -0.2) is 0 Å². The molecule has 1 atom stereocenters. The van der Waals surface area contributed by atoms with Crippen molar-refractivity contribution in [3.8, 4) is 44.9 Å². The van der Waals surface area contributed by atoms with E-state index in [1.165, 1.54) is 60.8 Å². The Morgan fingerprint density at radius 1 is 0.364 bits per heavy atom. The summed E-state index contributed by atoms with van der Waals surface area (Å²) >= 11 is 0. The normalized spacial score (nSPS) is 14.8. The average Bonchev–Trinajstić information content (AvgIpc) is 3.54. The third kappa shape index (κ3) is 4.75. The quantitative estimate of drug-likeness (QED) is 0.177. The molecule has 0 saturated heterocycles. The van der Waals surface area contributed by atoms with E-state index < -0.39 is 5.41 Å². The minimum atomic E-state index is -0.622. The Morgan fingerprint density at radius 2 is 1.00 bits per heavy atom. The van der Waals surface area contributed by atoms with Gasteiger partial charge in [-0.3, -0.25) is 0 Å². The first-order chi connectivity index (χ1) is 27.3. The number of hydrogen-bond acceptors (Lipinski definition) is 2. The van der Waals surface area contributed by atoms with Gasteiger partial charge in [-0.2, -0.15) is 0 Å². The van der Waals surface area contributed by atoms with Gasteiger partial charge in [0.25, 0.3) is 0 Å². The molecule has 55 heavy (non-hydrogen) atoms. The summed E-state index contributed by atoms with van der Waals surface area (Å²) in [5.74, 6) is 1.78. The second kappa shape index (κ2) is 12.5. The highest BCUT2D eigenvalue weighted by Crippen LogP contribution is 2.64. The maximum absolute atomic E-state index is 6.83. The molecule has 0 aromatic heterocycles. The number of ether oxygens (including phenoxy) is 1. The van der Waals surface area contributed by atoms with Crippen LogP contribution in [0.5, 0.6) is 11.5 Å². The molecule has 0 amide bonds. The molecule has 2 heteroatoms. The van der Waals surface area contributed by atoms with E-state index in [0.717, 1.165) is 34.1 Å². The number of benzene rings is 9. The van der Waals surface area contributed by atoms with Gasteiger partial charge in [-0.1, -0.05) is 170 Å². The zero-order valence-corrected chi connectivity index (χ0v) is 30.1. The molecule has 0 fully saturated rings. The summed E-state index contributed by atoms with van der Waals surface area (Å²) in [7, 11) is 0. The fourth-order valence-corrected chi connectivity index (χ4v) is 9.22. The summed E-state index contributed by atoms with van der Waals surface area (Å²) in [6.45, 7) is 0. The maximum atomic E-state index is 6.83. The first-order valence-corrected chi connectivity index (χ1v) is 18.9. The van der Waals surface area contributed by atoms with Crippen molar-refractivity contribution in [3.05, 3.63) is 235 Å². The monoisotopic (exact) mass is 701 g/mol. The van der Waals surface area contributed by atoms with Crippen LogP contribution in [0.3, 0.4) is 0 Å².